The Balaban J connectivity index is 1.94. The highest BCUT2D eigenvalue weighted by Crippen LogP contribution is 2.54. The number of imide groups is 3. The Morgan fingerprint density at radius 2 is 2.00 bits per heavy atom. The lowest BCUT2D eigenvalue weighted by Crippen LogP contribution is -2.41. The summed E-state index contributed by atoms with van der Waals surface area (Å²) < 4.78 is 0.518. The summed E-state index contributed by atoms with van der Waals surface area (Å²) in [4.78, 5) is 41.2. The Morgan fingerprint density at radius 1 is 1.28 bits per heavy atom. The van der Waals surface area contributed by atoms with Gasteiger partial charge in [-0.25, -0.2) is 4.79 Å². The molecular formula is C15H11N3O4S3. The van der Waals surface area contributed by atoms with Crippen LogP contribution in [-0.2, 0) is 9.59 Å². The molecule has 1 aromatic carbocycles. The van der Waals surface area contributed by atoms with E-state index in [-0.39, 0.29) is 5.75 Å². The van der Waals surface area contributed by atoms with Crippen LogP contribution in [-0.4, -0.2) is 38.1 Å². The van der Waals surface area contributed by atoms with E-state index in [0.29, 0.717) is 19.4 Å². The molecule has 0 bridgehead atoms. The fourth-order valence-electron chi connectivity index (χ4n) is 3.32. The van der Waals surface area contributed by atoms with E-state index in [1.807, 2.05) is 0 Å². The first kappa shape index (κ1) is 16.3. The number of primary amides is 1. The molecule has 1 aromatic heterocycles. The number of rotatable bonds is 1. The van der Waals surface area contributed by atoms with Crippen LogP contribution < -0.4 is 5.73 Å². The fraction of sp³-hybridized carbons (Fsp3) is 0.200. The zero-order valence-corrected chi connectivity index (χ0v) is 14.9. The van der Waals surface area contributed by atoms with Gasteiger partial charge in [-0.1, -0.05) is 30.0 Å². The molecule has 3 heterocycles. The topological polar surface area (TPSA) is 116 Å². The predicted octanol–water partition coefficient (Wildman–Crippen LogP) is 2.18. The van der Waals surface area contributed by atoms with E-state index in [4.69, 9.17) is 18.0 Å². The Kier molecular flexibility index (Phi) is 3.71. The number of likely N-dealkylation sites (tertiary alicyclic amines) is 1. The van der Waals surface area contributed by atoms with Crippen LogP contribution in [0.3, 0.4) is 0 Å². The van der Waals surface area contributed by atoms with Gasteiger partial charge in [-0.3, -0.25) is 9.59 Å². The third-order valence-corrected chi connectivity index (χ3v) is 7.07. The van der Waals surface area contributed by atoms with Crippen LogP contribution >= 0.6 is 35.3 Å². The molecule has 4 amide bonds. The summed E-state index contributed by atoms with van der Waals surface area (Å²) in [6.45, 7) is 0. The van der Waals surface area contributed by atoms with Crippen molar-refractivity contribution in [1.29, 1.82) is 0 Å². The third-order valence-electron chi connectivity index (χ3n) is 4.32. The summed E-state index contributed by atoms with van der Waals surface area (Å²) in [5.41, 5.74) is 5.73. The minimum Gasteiger partial charge on any atom is -0.508 e. The number of para-hydroxylation sites is 1. The molecule has 7 nitrogen and oxygen atoms in total. The number of H-pyrrole nitrogens is 1. The van der Waals surface area contributed by atoms with Crippen molar-refractivity contribution in [3.8, 4) is 5.75 Å². The van der Waals surface area contributed by atoms with E-state index in [0.717, 1.165) is 4.88 Å². The van der Waals surface area contributed by atoms with Crippen molar-refractivity contribution in [1.82, 2.24) is 9.88 Å². The van der Waals surface area contributed by atoms with Gasteiger partial charge in [0, 0.05) is 16.4 Å². The minimum atomic E-state index is -1.09. The molecule has 2 aliphatic heterocycles. The molecule has 0 aliphatic carbocycles. The van der Waals surface area contributed by atoms with E-state index in [9.17, 15) is 19.5 Å². The number of nitrogens with two attached hydrogens (primary N) is 1. The number of hydrogen-bond acceptors (Lipinski definition) is 7. The Hall–Kier alpha value is -2.17. The first-order valence-corrected chi connectivity index (χ1v) is 9.35. The number of hydrogen-bond donors (Lipinski definition) is 3. The number of carbonyl (C=O) groups excluding carboxylic acids is 3. The maximum Gasteiger partial charge on any atom is 0.328 e. The number of phenolic OH excluding ortho intramolecular Hbond substituents is 1. The molecule has 1 fully saturated rings. The van der Waals surface area contributed by atoms with E-state index in [2.05, 4.69) is 4.98 Å². The van der Waals surface area contributed by atoms with Crippen molar-refractivity contribution < 1.29 is 19.5 Å². The van der Waals surface area contributed by atoms with Gasteiger partial charge in [0.2, 0.25) is 5.91 Å². The average molecular weight is 393 g/mol. The molecule has 1 saturated heterocycles. The molecular weight excluding hydrogens is 382 g/mol. The number of aromatic hydroxyl groups is 1. The fourth-order valence-corrected chi connectivity index (χ4v) is 6.27. The highest BCUT2D eigenvalue weighted by atomic mass is 32.2. The number of aromatic amines is 1. The van der Waals surface area contributed by atoms with Crippen LogP contribution in [0.2, 0.25) is 0 Å². The van der Waals surface area contributed by atoms with Crippen molar-refractivity contribution in [2.24, 2.45) is 11.7 Å². The molecule has 4 rings (SSSR count). The SMILES string of the molecule is NC(=O)N1C(=O)C2Sc3[nH]c(=S)sc3C(c3ccccc3O)C2C1=O. The largest absolute Gasteiger partial charge is 0.508 e. The second kappa shape index (κ2) is 5.68. The summed E-state index contributed by atoms with van der Waals surface area (Å²) in [6.07, 6.45) is 0. The summed E-state index contributed by atoms with van der Waals surface area (Å²) in [5, 5.41) is 10.2. The minimum absolute atomic E-state index is 0.0150. The number of nitrogens with zero attached hydrogens (tertiary/aromatic N) is 1. The van der Waals surface area contributed by atoms with Crippen molar-refractivity contribution in [2.75, 3.05) is 0 Å². The number of fused-ring (bicyclic) bond motifs is 2. The van der Waals surface area contributed by atoms with Crippen molar-refractivity contribution in [2.45, 2.75) is 16.2 Å². The van der Waals surface area contributed by atoms with E-state index < -0.39 is 34.9 Å². The van der Waals surface area contributed by atoms with E-state index >= 15 is 0 Å². The highest BCUT2D eigenvalue weighted by molar-refractivity contribution is 8.00. The van der Waals surface area contributed by atoms with Gasteiger partial charge < -0.3 is 15.8 Å². The average Bonchev–Trinajstić information content (AvgIpc) is 3.03. The zero-order valence-electron chi connectivity index (χ0n) is 12.5. The van der Waals surface area contributed by atoms with Crippen molar-refractivity contribution in [3.63, 3.8) is 0 Å². The summed E-state index contributed by atoms with van der Waals surface area (Å²) in [6, 6.07) is 5.54. The van der Waals surface area contributed by atoms with Crippen LogP contribution in [0.5, 0.6) is 5.75 Å². The van der Waals surface area contributed by atoms with Crippen molar-refractivity contribution in [3.05, 3.63) is 38.7 Å². The lowest BCUT2D eigenvalue weighted by Gasteiger charge is -2.30. The number of amides is 4. The van der Waals surface area contributed by atoms with Gasteiger partial charge in [0.05, 0.1) is 10.9 Å². The predicted molar refractivity (Wildman–Crippen MR) is 94.0 cm³/mol. The molecule has 3 atom stereocenters. The molecule has 10 heteroatoms. The molecule has 2 aromatic rings. The molecule has 0 radical (unpaired) electrons. The van der Waals surface area contributed by atoms with Gasteiger partial charge in [0.25, 0.3) is 5.91 Å². The molecule has 0 saturated carbocycles. The van der Waals surface area contributed by atoms with Gasteiger partial charge in [-0.2, -0.15) is 4.90 Å². The Bertz CT molecular complexity index is 982. The second-order valence-corrected chi connectivity index (χ2v) is 8.53. The highest BCUT2D eigenvalue weighted by Gasteiger charge is 2.57. The van der Waals surface area contributed by atoms with Gasteiger partial charge in [0.15, 0.2) is 3.95 Å². The molecule has 2 aliphatic rings. The van der Waals surface area contributed by atoms with Gasteiger partial charge in [-0.15, -0.1) is 11.3 Å². The van der Waals surface area contributed by atoms with Gasteiger partial charge in [-0.05, 0) is 18.3 Å². The zero-order chi connectivity index (χ0) is 17.9. The van der Waals surface area contributed by atoms with Crippen LogP contribution in [0.1, 0.15) is 16.4 Å². The standard InChI is InChI=1S/C15H11N3O4S3/c16-14(22)18-12(20)8-7(5-3-1-2-4-6(5)19)9-11(17-15(23)25-9)24-10(8)13(18)21/h1-4,7-8,10,19H,(H2,16,22)(H,17,23). The monoisotopic (exact) mass is 393 g/mol. The van der Waals surface area contributed by atoms with Crippen LogP contribution in [0.25, 0.3) is 0 Å². The van der Waals surface area contributed by atoms with E-state index in [1.165, 1.54) is 29.2 Å². The smallest absolute Gasteiger partial charge is 0.328 e. The number of urea groups is 1. The van der Waals surface area contributed by atoms with Crippen molar-refractivity contribution >= 4 is 53.2 Å². The molecule has 128 valence electrons. The number of phenols is 1. The number of nitrogens with one attached hydrogen (secondary N) is 1. The lowest BCUT2D eigenvalue weighted by atomic mass is 9.82. The molecule has 4 N–H and O–H groups in total. The van der Waals surface area contributed by atoms with Crippen LogP contribution in [0, 0.1) is 9.87 Å². The van der Waals surface area contributed by atoms with Crippen LogP contribution in [0.4, 0.5) is 4.79 Å². The first-order chi connectivity index (χ1) is 11.9. The lowest BCUT2D eigenvalue weighted by molar-refractivity contribution is -0.135. The third kappa shape index (κ3) is 2.32. The molecule has 25 heavy (non-hydrogen) atoms. The number of carbonyl (C=O) groups is 3. The second-order valence-electron chi connectivity index (χ2n) is 5.66. The van der Waals surface area contributed by atoms with Crippen LogP contribution in [0.15, 0.2) is 29.3 Å². The maximum absolute atomic E-state index is 12.8. The van der Waals surface area contributed by atoms with Gasteiger partial charge in [0.1, 0.15) is 11.0 Å². The van der Waals surface area contributed by atoms with Gasteiger partial charge >= 0.3 is 6.03 Å². The first-order valence-electron chi connectivity index (χ1n) is 7.25. The normalized spacial score (nSPS) is 25.0. The summed E-state index contributed by atoms with van der Waals surface area (Å²) in [7, 11) is 0. The number of thioether (sulfide) groups is 1. The Morgan fingerprint density at radius 3 is 2.68 bits per heavy atom. The number of benzene rings is 1. The Labute approximate surface area is 154 Å². The maximum atomic E-state index is 12.8. The number of thiazole rings is 1. The number of aromatic nitrogens is 1. The summed E-state index contributed by atoms with van der Waals surface area (Å²) in [5.74, 6) is -2.67. The molecule has 3 unspecified atom stereocenters. The molecule has 0 spiro atoms. The summed E-state index contributed by atoms with van der Waals surface area (Å²) >= 11 is 7.67. The quantitative estimate of drug-likeness (QED) is 0.505. The van der Waals surface area contributed by atoms with E-state index in [1.54, 1.807) is 18.2 Å².